The molecule has 36 heavy (non-hydrogen) atoms. The number of benzene rings is 2. The van der Waals surface area contributed by atoms with Crippen LogP contribution < -0.4 is 9.47 Å². The second-order valence-electron chi connectivity index (χ2n) is 7.76. The fourth-order valence-corrected chi connectivity index (χ4v) is 4.49. The standard InChI is InChI=1S/C26H24N6O3S/c1-4-17-5-7-19(8-6-17)32-25(18-11-13-27-14-12-18)29-30-26(32)36-16-23-28-24(31-35-23)21-15-20(33-2)9-10-22(21)34-3/h5-15H,4,16H2,1-3H3. The average Bonchev–Trinajstić information content (AvgIpc) is 3.59. The zero-order valence-electron chi connectivity index (χ0n) is 20.1. The fourth-order valence-electron chi connectivity index (χ4n) is 3.70. The third kappa shape index (κ3) is 4.80. The number of aryl methyl sites for hydroxylation is 1. The normalized spacial score (nSPS) is 11.0. The Hall–Kier alpha value is -4.18. The lowest BCUT2D eigenvalue weighted by Gasteiger charge is -2.10. The van der Waals surface area contributed by atoms with Crippen LogP contribution >= 0.6 is 11.8 Å². The van der Waals surface area contributed by atoms with Gasteiger partial charge in [-0.3, -0.25) is 9.55 Å². The highest BCUT2D eigenvalue weighted by atomic mass is 32.2. The highest BCUT2D eigenvalue weighted by Gasteiger charge is 2.19. The maximum Gasteiger partial charge on any atom is 0.237 e. The highest BCUT2D eigenvalue weighted by molar-refractivity contribution is 7.98. The molecule has 3 heterocycles. The summed E-state index contributed by atoms with van der Waals surface area (Å²) in [4.78, 5) is 8.69. The lowest BCUT2D eigenvalue weighted by Crippen LogP contribution is -2.00. The summed E-state index contributed by atoms with van der Waals surface area (Å²) in [6, 6.07) is 17.7. The molecule has 5 rings (SSSR count). The van der Waals surface area contributed by atoms with Gasteiger partial charge in [-0.25, -0.2) is 0 Å². The number of hydrogen-bond acceptors (Lipinski definition) is 9. The summed E-state index contributed by atoms with van der Waals surface area (Å²) in [6.45, 7) is 2.14. The van der Waals surface area contributed by atoms with Crippen LogP contribution in [0.15, 0.2) is 76.7 Å². The minimum Gasteiger partial charge on any atom is -0.497 e. The SMILES string of the molecule is CCc1ccc(-n2c(SCc3nc(-c4cc(OC)ccc4OC)no3)nnc2-c2ccncc2)cc1. The summed E-state index contributed by atoms with van der Waals surface area (Å²) < 4.78 is 18.4. The molecule has 0 spiro atoms. The molecule has 0 unspecified atom stereocenters. The second kappa shape index (κ2) is 10.6. The largest absolute Gasteiger partial charge is 0.497 e. The molecule has 0 amide bonds. The van der Waals surface area contributed by atoms with Gasteiger partial charge in [0, 0.05) is 23.6 Å². The fraction of sp³-hybridized carbons (Fsp3) is 0.192. The molecule has 0 saturated heterocycles. The number of hydrogen-bond donors (Lipinski definition) is 0. The Morgan fingerprint density at radius 2 is 1.75 bits per heavy atom. The maximum atomic E-state index is 5.54. The number of rotatable bonds is 9. The van der Waals surface area contributed by atoms with E-state index in [0.29, 0.717) is 39.7 Å². The number of pyridine rings is 1. The van der Waals surface area contributed by atoms with E-state index >= 15 is 0 Å². The van der Waals surface area contributed by atoms with Crippen molar-refractivity contribution in [2.75, 3.05) is 14.2 Å². The topological polar surface area (TPSA) is 101 Å². The van der Waals surface area contributed by atoms with Crippen LogP contribution in [0, 0.1) is 0 Å². The molecule has 10 heteroatoms. The van der Waals surface area contributed by atoms with Crippen LogP contribution in [0.1, 0.15) is 18.4 Å². The molecule has 0 aliphatic rings. The van der Waals surface area contributed by atoms with Gasteiger partial charge >= 0.3 is 0 Å². The number of ether oxygens (including phenoxy) is 2. The monoisotopic (exact) mass is 500 g/mol. The van der Waals surface area contributed by atoms with Gasteiger partial charge in [0.25, 0.3) is 0 Å². The summed E-state index contributed by atoms with van der Waals surface area (Å²) in [5.41, 5.74) is 3.85. The van der Waals surface area contributed by atoms with Crippen LogP contribution in [0.2, 0.25) is 0 Å². The quantitative estimate of drug-likeness (QED) is 0.251. The first-order valence-electron chi connectivity index (χ1n) is 11.3. The van der Waals surface area contributed by atoms with Gasteiger partial charge in [0.2, 0.25) is 11.7 Å². The van der Waals surface area contributed by atoms with Crippen LogP contribution in [0.25, 0.3) is 28.5 Å². The Morgan fingerprint density at radius 1 is 0.944 bits per heavy atom. The molecule has 0 N–H and O–H groups in total. The first-order chi connectivity index (χ1) is 17.7. The number of aromatic nitrogens is 6. The summed E-state index contributed by atoms with van der Waals surface area (Å²) in [5, 5.41) is 13.8. The number of nitrogens with zero attached hydrogens (tertiary/aromatic N) is 6. The van der Waals surface area contributed by atoms with E-state index < -0.39 is 0 Å². The molecule has 5 aromatic rings. The number of methoxy groups -OCH3 is 2. The van der Waals surface area contributed by atoms with Crippen LogP contribution in [-0.4, -0.2) is 44.1 Å². The Kier molecular flexibility index (Phi) is 6.94. The molecule has 0 radical (unpaired) electrons. The molecule has 0 bridgehead atoms. The molecule has 0 saturated carbocycles. The summed E-state index contributed by atoms with van der Waals surface area (Å²) in [5.74, 6) is 3.35. The Bertz CT molecular complexity index is 1450. The van der Waals surface area contributed by atoms with Gasteiger partial charge in [0.05, 0.1) is 25.5 Å². The molecule has 9 nitrogen and oxygen atoms in total. The first kappa shape index (κ1) is 23.6. The van der Waals surface area contributed by atoms with Crippen molar-refractivity contribution in [2.24, 2.45) is 0 Å². The average molecular weight is 501 g/mol. The summed E-state index contributed by atoms with van der Waals surface area (Å²) >= 11 is 1.47. The van der Waals surface area contributed by atoms with Crippen molar-refractivity contribution in [1.29, 1.82) is 0 Å². The minimum atomic E-state index is 0.417. The van der Waals surface area contributed by atoms with Gasteiger partial charge < -0.3 is 14.0 Å². The van der Waals surface area contributed by atoms with Gasteiger partial charge in [-0.1, -0.05) is 36.0 Å². The Morgan fingerprint density at radius 3 is 2.47 bits per heavy atom. The van der Waals surface area contributed by atoms with Crippen molar-refractivity contribution >= 4 is 11.8 Å². The third-order valence-corrected chi connectivity index (χ3v) is 6.53. The molecule has 3 aromatic heterocycles. The van der Waals surface area contributed by atoms with Gasteiger partial charge in [0.1, 0.15) is 11.5 Å². The van der Waals surface area contributed by atoms with Crippen molar-refractivity contribution in [3.8, 4) is 40.0 Å². The van der Waals surface area contributed by atoms with Crippen LogP contribution in [0.4, 0.5) is 0 Å². The van der Waals surface area contributed by atoms with Crippen molar-refractivity contribution in [1.82, 2.24) is 29.9 Å². The van der Waals surface area contributed by atoms with E-state index in [2.05, 4.69) is 56.5 Å². The zero-order chi connectivity index (χ0) is 24.9. The maximum absolute atomic E-state index is 5.54. The van der Waals surface area contributed by atoms with E-state index in [1.165, 1.54) is 17.3 Å². The van der Waals surface area contributed by atoms with Crippen molar-refractivity contribution in [2.45, 2.75) is 24.3 Å². The molecule has 0 fully saturated rings. The zero-order valence-corrected chi connectivity index (χ0v) is 20.9. The van der Waals surface area contributed by atoms with Gasteiger partial charge in [0.15, 0.2) is 11.0 Å². The van der Waals surface area contributed by atoms with Gasteiger partial charge in [-0.15, -0.1) is 10.2 Å². The lowest BCUT2D eigenvalue weighted by atomic mass is 10.1. The van der Waals surface area contributed by atoms with E-state index in [0.717, 1.165) is 23.5 Å². The molecule has 182 valence electrons. The summed E-state index contributed by atoms with van der Waals surface area (Å²) in [7, 11) is 3.21. The molecule has 0 aliphatic carbocycles. The number of thioether (sulfide) groups is 1. The van der Waals surface area contributed by atoms with Crippen molar-refractivity contribution < 1.29 is 14.0 Å². The van der Waals surface area contributed by atoms with Gasteiger partial charge in [-0.2, -0.15) is 4.98 Å². The van der Waals surface area contributed by atoms with E-state index in [1.54, 1.807) is 26.6 Å². The Balaban J connectivity index is 1.44. The van der Waals surface area contributed by atoms with Crippen LogP contribution in [0.5, 0.6) is 11.5 Å². The second-order valence-corrected chi connectivity index (χ2v) is 8.71. The van der Waals surface area contributed by atoms with E-state index in [-0.39, 0.29) is 0 Å². The lowest BCUT2D eigenvalue weighted by molar-refractivity contribution is 0.389. The van der Waals surface area contributed by atoms with E-state index in [1.807, 2.05) is 34.9 Å². The molecule has 0 aliphatic heterocycles. The van der Waals surface area contributed by atoms with Gasteiger partial charge in [-0.05, 0) is 54.4 Å². The van der Waals surface area contributed by atoms with Crippen molar-refractivity contribution in [3.63, 3.8) is 0 Å². The van der Waals surface area contributed by atoms with Crippen LogP contribution in [0.3, 0.4) is 0 Å². The predicted octanol–water partition coefficient (Wildman–Crippen LogP) is 5.25. The van der Waals surface area contributed by atoms with Crippen molar-refractivity contribution in [3.05, 3.63) is 78.4 Å². The third-order valence-electron chi connectivity index (χ3n) is 5.62. The first-order valence-corrected chi connectivity index (χ1v) is 12.3. The highest BCUT2D eigenvalue weighted by Crippen LogP contribution is 2.33. The smallest absolute Gasteiger partial charge is 0.237 e. The molecular formula is C26H24N6O3S. The Labute approximate surface area is 212 Å². The minimum absolute atomic E-state index is 0.417. The van der Waals surface area contributed by atoms with E-state index in [4.69, 9.17) is 14.0 Å². The summed E-state index contributed by atoms with van der Waals surface area (Å²) in [6.07, 6.45) is 4.46. The molecule has 0 atom stereocenters. The van der Waals surface area contributed by atoms with E-state index in [9.17, 15) is 0 Å². The predicted molar refractivity (Wildman–Crippen MR) is 136 cm³/mol. The molecule has 2 aromatic carbocycles. The molecular weight excluding hydrogens is 476 g/mol. The van der Waals surface area contributed by atoms with Crippen LogP contribution in [-0.2, 0) is 12.2 Å².